The minimum Gasteiger partial charge on any atom is -0.496 e. The SMILES string of the molecule is CNC(C1=CCCCC1)c1cc(OC)c(OC)cc1OC. The first-order valence-corrected chi connectivity index (χ1v) is 7.41. The van der Waals surface area contributed by atoms with Crippen molar-refractivity contribution in [1.29, 1.82) is 0 Å². The maximum absolute atomic E-state index is 5.56. The summed E-state index contributed by atoms with van der Waals surface area (Å²) in [5.74, 6) is 2.23. The summed E-state index contributed by atoms with van der Waals surface area (Å²) in [6.07, 6.45) is 7.16. The van der Waals surface area contributed by atoms with E-state index >= 15 is 0 Å². The lowest BCUT2D eigenvalue weighted by atomic mass is 9.89. The van der Waals surface area contributed by atoms with Crippen LogP contribution < -0.4 is 19.5 Å². The Morgan fingerprint density at radius 2 is 1.62 bits per heavy atom. The van der Waals surface area contributed by atoms with Crippen LogP contribution in [0.3, 0.4) is 0 Å². The van der Waals surface area contributed by atoms with Crippen LogP contribution in [-0.2, 0) is 0 Å². The molecule has 0 aliphatic heterocycles. The Hall–Kier alpha value is -1.68. The standard InChI is InChI=1S/C17H25NO3/c1-18-17(12-8-6-5-7-9-12)13-10-15(20-3)16(21-4)11-14(13)19-2/h8,10-11,17-18H,5-7,9H2,1-4H3. The maximum Gasteiger partial charge on any atom is 0.164 e. The van der Waals surface area contributed by atoms with Crippen LogP contribution in [0.25, 0.3) is 0 Å². The summed E-state index contributed by atoms with van der Waals surface area (Å²) >= 11 is 0. The summed E-state index contributed by atoms with van der Waals surface area (Å²) in [7, 11) is 6.96. The number of hydrogen-bond acceptors (Lipinski definition) is 4. The molecule has 1 atom stereocenters. The number of benzene rings is 1. The van der Waals surface area contributed by atoms with Gasteiger partial charge in [0.05, 0.1) is 27.4 Å². The van der Waals surface area contributed by atoms with E-state index in [0.717, 1.165) is 29.9 Å². The molecule has 1 aromatic rings. The average molecular weight is 291 g/mol. The molecule has 1 N–H and O–H groups in total. The Balaban J connectivity index is 2.46. The van der Waals surface area contributed by atoms with Crippen molar-refractivity contribution >= 4 is 0 Å². The van der Waals surface area contributed by atoms with Gasteiger partial charge in [0.2, 0.25) is 0 Å². The second kappa shape index (κ2) is 7.36. The summed E-state index contributed by atoms with van der Waals surface area (Å²) in [5, 5.41) is 3.41. The quantitative estimate of drug-likeness (QED) is 0.815. The third-order valence-electron chi connectivity index (χ3n) is 4.03. The lowest BCUT2D eigenvalue weighted by molar-refractivity contribution is 0.346. The molecule has 1 aromatic carbocycles. The number of allylic oxidation sites excluding steroid dienone is 1. The summed E-state index contributed by atoms with van der Waals surface area (Å²) in [5.41, 5.74) is 2.51. The number of hydrogen-bond donors (Lipinski definition) is 1. The minimum absolute atomic E-state index is 0.153. The van der Waals surface area contributed by atoms with Crippen LogP contribution in [0.15, 0.2) is 23.8 Å². The van der Waals surface area contributed by atoms with E-state index in [9.17, 15) is 0 Å². The number of methoxy groups -OCH3 is 3. The van der Waals surface area contributed by atoms with Crippen molar-refractivity contribution in [2.45, 2.75) is 31.7 Å². The summed E-state index contributed by atoms with van der Waals surface area (Å²) in [4.78, 5) is 0. The highest BCUT2D eigenvalue weighted by Gasteiger charge is 2.22. The van der Waals surface area contributed by atoms with E-state index in [1.165, 1.54) is 18.4 Å². The Bertz CT molecular complexity index is 511. The highest BCUT2D eigenvalue weighted by Crippen LogP contribution is 2.40. The van der Waals surface area contributed by atoms with Crippen molar-refractivity contribution in [2.24, 2.45) is 0 Å². The van der Waals surface area contributed by atoms with Gasteiger partial charge in [-0.15, -0.1) is 0 Å². The van der Waals surface area contributed by atoms with Gasteiger partial charge in [0.15, 0.2) is 11.5 Å². The Labute approximate surface area is 127 Å². The molecule has 0 heterocycles. The van der Waals surface area contributed by atoms with Gasteiger partial charge < -0.3 is 19.5 Å². The van der Waals surface area contributed by atoms with E-state index < -0.39 is 0 Å². The topological polar surface area (TPSA) is 39.7 Å². The first-order chi connectivity index (χ1) is 10.2. The Kier molecular flexibility index (Phi) is 5.51. The van der Waals surface area contributed by atoms with Crippen molar-refractivity contribution < 1.29 is 14.2 Å². The molecule has 0 aromatic heterocycles. The van der Waals surface area contributed by atoms with Crippen LogP contribution in [0.2, 0.25) is 0 Å². The zero-order valence-corrected chi connectivity index (χ0v) is 13.4. The molecule has 0 saturated carbocycles. The fraction of sp³-hybridized carbons (Fsp3) is 0.529. The molecule has 1 aliphatic carbocycles. The predicted molar refractivity (Wildman–Crippen MR) is 84.4 cm³/mol. The van der Waals surface area contributed by atoms with Crippen molar-refractivity contribution in [3.8, 4) is 17.2 Å². The lowest BCUT2D eigenvalue weighted by Gasteiger charge is -2.25. The largest absolute Gasteiger partial charge is 0.496 e. The van der Waals surface area contributed by atoms with Gasteiger partial charge in [-0.25, -0.2) is 0 Å². The van der Waals surface area contributed by atoms with E-state index in [4.69, 9.17) is 14.2 Å². The number of rotatable bonds is 6. The van der Waals surface area contributed by atoms with E-state index in [2.05, 4.69) is 11.4 Å². The highest BCUT2D eigenvalue weighted by molar-refractivity contribution is 5.53. The van der Waals surface area contributed by atoms with Gasteiger partial charge in [0, 0.05) is 11.6 Å². The molecular formula is C17H25NO3. The molecule has 4 heteroatoms. The van der Waals surface area contributed by atoms with Crippen LogP contribution in [0, 0.1) is 0 Å². The molecule has 0 bridgehead atoms. The number of likely N-dealkylation sites (N-methyl/N-ethyl adjacent to an activating group) is 1. The molecule has 0 amide bonds. The Morgan fingerprint density at radius 3 is 2.14 bits per heavy atom. The lowest BCUT2D eigenvalue weighted by Crippen LogP contribution is -2.20. The Morgan fingerprint density at radius 1 is 0.952 bits per heavy atom. The summed E-state index contributed by atoms with van der Waals surface area (Å²) < 4.78 is 16.3. The van der Waals surface area contributed by atoms with Crippen LogP contribution in [0.5, 0.6) is 17.2 Å². The molecule has 0 spiro atoms. The van der Waals surface area contributed by atoms with Crippen molar-refractivity contribution in [3.05, 3.63) is 29.3 Å². The second-order valence-electron chi connectivity index (χ2n) is 5.20. The molecule has 0 radical (unpaired) electrons. The third-order valence-corrected chi connectivity index (χ3v) is 4.03. The normalized spacial score (nSPS) is 16.1. The molecule has 2 rings (SSSR count). The van der Waals surface area contributed by atoms with Crippen molar-refractivity contribution in [1.82, 2.24) is 5.32 Å². The van der Waals surface area contributed by atoms with Gasteiger partial charge in [-0.2, -0.15) is 0 Å². The van der Waals surface area contributed by atoms with Crippen LogP contribution in [0.4, 0.5) is 0 Å². The zero-order valence-electron chi connectivity index (χ0n) is 13.4. The summed E-state index contributed by atoms with van der Waals surface area (Å²) in [6, 6.07) is 4.05. The molecule has 0 fully saturated rings. The van der Waals surface area contributed by atoms with Gasteiger partial charge in [-0.3, -0.25) is 0 Å². The van der Waals surface area contributed by atoms with Gasteiger partial charge in [-0.1, -0.05) is 11.6 Å². The summed E-state index contributed by atoms with van der Waals surface area (Å²) in [6.45, 7) is 0. The van der Waals surface area contributed by atoms with Crippen molar-refractivity contribution in [3.63, 3.8) is 0 Å². The van der Waals surface area contributed by atoms with Gasteiger partial charge in [0.25, 0.3) is 0 Å². The minimum atomic E-state index is 0.153. The fourth-order valence-corrected chi connectivity index (χ4v) is 2.94. The van der Waals surface area contributed by atoms with Gasteiger partial charge in [0.1, 0.15) is 5.75 Å². The van der Waals surface area contributed by atoms with Crippen LogP contribution >= 0.6 is 0 Å². The molecule has 21 heavy (non-hydrogen) atoms. The molecular weight excluding hydrogens is 266 g/mol. The highest BCUT2D eigenvalue weighted by atomic mass is 16.5. The van der Waals surface area contributed by atoms with Crippen LogP contribution in [0.1, 0.15) is 37.3 Å². The predicted octanol–water partition coefficient (Wildman–Crippen LogP) is 3.47. The fourth-order valence-electron chi connectivity index (χ4n) is 2.94. The molecule has 4 nitrogen and oxygen atoms in total. The molecule has 0 saturated heterocycles. The van der Waals surface area contributed by atoms with E-state index in [-0.39, 0.29) is 6.04 Å². The molecule has 1 unspecified atom stereocenters. The maximum atomic E-state index is 5.56. The smallest absolute Gasteiger partial charge is 0.164 e. The monoisotopic (exact) mass is 291 g/mol. The third kappa shape index (κ3) is 3.32. The molecule has 1 aliphatic rings. The second-order valence-corrected chi connectivity index (χ2v) is 5.20. The van der Waals surface area contributed by atoms with Gasteiger partial charge >= 0.3 is 0 Å². The number of nitrogens with one attached hydrogen (secondary N) is 1. The van der Waals surface area contributed by atoms with Gasteiger partial charge in [-0.05, 0) is 38.8 Å². The van der Waals surface area contributed by atoms with Crippen LogP contribution in [-0.4, -0.2) is 28.4 Å². The van der Waals surface area contributed by atoms with E-state index in [1.807, 2.05) is 19.2 Å². The average Bonchev–Trinajstić information content (AvgIpc) is 2.56. The first kappa shape index (κ1) is 15.7. The molecule has 116 valence electrons. The van der Waals surface area contributed by atoms with E-state index in [0.29, 0.717) is 5.75 Å². The zero-order chi connectivity index (χ0) is 15.2. The van der Waals surface area contributed by atoms with E-state index in [1.54, 1.807) is 21.3 Å². The first-order valence-electron chi connectivity index (χ1n) is 7.41. The van der Waals surface area contributed by atoms with Crippen molar-refractivity contribution in [2.75, 3.05) is 28.4 Å². The number of ether oxygens (including phenoxy) is 3.